The largest absolute Gasteiger partial charge is 0.322 e. The monoisotopic (exact) mass is 416 g/mol. The quantitative estimate of drug-likeness (QED) is 0.456. The predicted molar refractivity (Wildman–Crippen MR) is 105 cm³/mol. The lowest BCUT2D eigenvalue weighted by atomic mass is 10.2. The summed E-state index contributed by atoms with van der Waals surface area (Å²) in [5, 5.41) is 26.5. The minimum Gasteiger partial charge on any atom is -0.322 e. The van der Waals surface area contributed by atoms with Crippen LogP contribution < -0.4 is 5.32 Å². The second-order valence-electron chi connectivity index (χ2n) is 5.55. The van der Waals surface area contributed by atoms with Crippen molar-refractivity contribution in [1.29, 1.82) is 0 Å². The first-order chi connectivity index (χ1) is 13.3. The summed E-state index contributed by atoms with van der Waals surface area (Å²) in [6.07, 6.45) is 0. The summed E-state index contributed by atoms with van der Waals surface area (Å²) in [6.45, 7) is 1.83. The molecule has 11 heteroatoms. The number of aryl methyl sites for hydroxylation is 1. The van der Waals surface area contributed by atoms with E-state index >= 15 is 0 Å². The number of nitro benzene ring substituents is 2. The van der Waals surface area contributed by atoms with Crippen molar-refractivity contribution in [3.05, 3.63) is 79.3 Å². The minimum absolute atomic E-state index is 0.102. The molecule has 0 aliphatic heterocycles. The normalized spacial score (nSPS) is 10.5. The molecule has 0 atom stereocenters. The Balaban J connectivity index is 1.81. The van der Waals surface area contributed by atoms with E-state index in [1.807, 2.05) is 12.3 Å². The van der Waals surface area contributed by atoms with Crippen LogP contribution in [0.1, 0.15) is 16.1 Å². The van der Waals surface area contributed by atoms with Crippen LogP contribution in [0, 0.1) is 27.2 Å². The van der Waals surface area contributed by atoms with E-state index in [4.69, 9.17) is 0 Å². The zero-order valence-corrected chi connectivity index (χ0v) is 16.0. The number of amides is 1. The topological polar surface area (TPSA) is 128 Å². The summed E-state index contributed by atoms with van der Waals surface area (Å²) < 4.78 is 0.670. The molecule has 1 amide bonds. The maximum atomic E-state index is 12.4. The first-order valence-electron chi connectivity index (χ1n) is 7.77. The van der Waals surface area contributed by atoms with Gasteiger partial charge in [0.25, 0.3) is 17.3 Å². The molecular formula is C17H12N4O5S2. The molecule has 9 nitrogen and oxygen atoms in total. The summed E-state index contributed by atoms with van der Waals surface area (Å²) >= 11 is 2.54. The van der Waals surface area contributed by atoms with Gasteiger partial charge in [0.05, 0.1) is 14.7 Å². The van der Waals surface area contributed by atoms with Gasteiger partial charge in [-0.25, -0.2) is 4.98 Å². The maximum Gasteiger partial charge on any atom is 0.284 e. The van der Waals surface area contributed by atoms with Crippen LogP contribution in [-0.2, 0) is 0 Å². The molecule has 0 saturated heterocycles. The Morgan fingerprint density at radius 3 is 2.39 bits per heavy atom. The molecule has 3 rings (SSSR count). The number of hydrogen-bond donors (Lipinski definition) is 1. The number of aromatic nitrogens is 1. The lowest BCUT2D eigenvalue weighted by Crippen LogP contribution is -2.12. The number of nitrogens with one attached hydrogen (secondary N) is 1. The van der Waals surface area contributed by atoms with Crippen molar-refractivity contribution >= 4 is 46.1 Å². The Kier molecular flexibility index (Phi) is 5.66. The van der Waals surface area contributed by atoms with Gasteiger partial charge in [-0.3, -0.25) is 25.0 Å². The number of nitrogens with zero attached hydrogens (tertiary/aromatic N) is 3. The van der Waals surface area contributed by atoms with Crippen LogP contribution in [0.4, 0.5) is 17.1 Å². The fourth-order valence-electron chi connectivity index (χ4n) is 2.23. The third-order valence-corrected chi connectivity index (χ3v) is 5.67. The predicted octanol–water partition coefficient (Wildman–Crippen LogP) is 4.67. The van der Waals surface area contributed by atoms with Gasteiger partial charge in [0.2, 0.25) is 0 Å². The highest BCUT2D eigenvalue weighted by molar-refractivity contribution is 8.01. The van der Waals surface area contributed by atoms with Gasteiger partial charge < -0.3 is 5.32 Å². The molecule has 0 radical (unpaired) electrons. The Morgan fingerprint density at radius 2 is 1.82 bits per heavy atom. The fraction of sp³-hybridized carbons (Fsp3) is 0.0588. The number of thiazole rings is 1. The van der Waals surface area contributed by atoms with Gasteiger partial charge >= 0.3 is 0 Å². The average molecular weight is 416 g/mol. The summed E-state index contributed by atoms with van der Waals surface area (Å²) in [5.74, 6) is -0.557. The third-order valence-electron chi connectivity index (χ3n) is 3.55. The van der Waals surface area contributed by atoms with Gasteiger partial charge in [0.15, 0.2) is 4.34 Å². The Labute approximate surface area is 166 Å². The van der Waals surface area contributed by atoms with Gasteiger partial charge in [-0.2, -0.15) is 0 Å². The van der Waals surface area contributed by atoms with Crippen LogP contribution in [0.15, 0.2) is 57.1 Å². The number of nitro groups is 2. The van der Waals surface area contributed by atoms with Crippen molar-refractivity contribution in [1.82, 2.24) is 4.98 Å². The van der Waals surface area contributed by atoms with E-state index in [1.54, 1.807) is 0 Å². The van der Waals surface area contributed by atoms with Crippen LogP contribution in [0.5, 0.6) is 0 Å². The summed E-state index contributed by atoms with van der Waals surface area (Å²) in [7, 11) is 0. The molecule has 3 aromatic rings. The van der Waals surface area contributed by atoms with Crippen LogP contribution in [0.3, 0.4) is 0 Å². The van der Waals surface area contributed by atoms with Crippen LogP contribution >= 0.6 is 23.1 Å². The van der Waals surface area contributed by atoms with Crippen molar-refractivity contribution in [3.8, 4) is 0 Å². The Bertz CT molecular complexity index is 1070. The molecule has 1 N–H and O–H groups in total. The highest BCUT2D eigenvalue weighted by atomic mass is 32.2. The number of carbonyl (C=O) groups is 1. The Hall–Kier alpha value is -3.31. The van der Waals surface area contributed by atoms with Gasteiger partial charge in [-0.05, 0) is 31.2 Å². The van der Waals surface area contributed by atoms with Crippen molar-refractivity contribution in [2.45, 2.75) is 16.2 Å². The van der Waals surface area contributed by atoms with Crippen molar-refractivity contribution in [2.75, 3.05) is 5.32 Å². The first-order valence-corrected chi connectivity index (χ1v) is 9.47. The van der Waals surface area contributed by atoms with E-state index in [1.165, 1.54) is 53.8 Å². The van der Waals surface area contributed by atoms with E-state index in [-0.39, 0.29) is 16.9 Å². The molecule has 0 aliphatic carbocycles. The van der Waals surface area contributed by atoms with Gasteiger partial charge in [-0.1, -0.05) is 11.8 Å². The molecule has 0 bridgehead atoms. The summed E-state index contributed by atoms with van der Waals surface area (Å²) in [4.78, 5) is 38.1. The van der Waals surface area contributed by atoms with E-state index in [9.17, 15) is 25.0 Å². The van der Waals surface area contributed by atoms with E-state index in [0.29, 0.717) is 14.9 Å². The van der Waals surface area contributed by atoms with Gasteiger partial charge in [-0.15, -0.1) is 11.3 Å². The highest BCUT2D eigenvalue weighted by Crippen LogP contribution is 2.36. The van der Waals surface area contributed by atoms with E-state index in [0.717, 1.165) is 17.5 Å². The second kappa shape index (κ2) is 8.15. The number of anilines is 1. The van der Waals surface area contributed by atoms with Gasteiger partial charge in [0.1, 0.15) is 0 Å². The molecule has 0 unspecified atom stereocenters. The zero-order chi connectivity index (χ0) is 20.3. The number of rotatable bonds is 6. The number of hydrogen-bond acceptors (Lipinski definition) is 8. The SMILES string of the molecule is Cc1csc(Sc2ccc(C(=O)Nc3ccc([N+](=O)[O-])cc3)cc2[N+](=O)[O-])n1. The number of benzene rings is 2. The smallest absolute Gasteiger partial charge is 0.284 e. The average Bonchev–Trinajstić information content (AvgIpc) is 3.07. The maximum absolute atomic E-state index is 12.4. The number of non-ortho nitro benzene ring substituents is 1. The van der Waals surface area contributed by atoms with Crippen LogP contribution in [0.25, 0.3) is 0 Å². The highest BCUT2D eigenvalue weighted by Gasteiger charge is 2.20. The van der Waals surface area contributed by atoms with E-state index in [2.05, 4.69) is 10.3 Å². The van der Waals surface area contributed by atoms with Crippen molar-refractivity contribution < 1.29 is 14.6 Å². The molecule has 28 heavy (non-hydrogen) atoms. The van der Waals surface area contributed by atoms with Gasteiger partial charge in [0, 0.05) is 40.5 Å². The molecule has 1 heterocycles. The number of carbonyl (C=O) groups excluding carboxylic acids is 1. The first kappa shape index (κ1) is 19.5. The minimum atomic E-state index is -0.557. The summed E-state index contributed by atoms with van der Waals surface area (Å²) in [6, 6.07) is 9.48. The van der Waals surface area contributed by atoms with Crippen LogP contribution in [-0.4, -0.2) is 20.7 Å². The molecule has 0 saturated carbocycles. The molecule has 1 aromatic heterocycles. The molecule has 0 aliphatic rings. The standard InChI is InChI=1S/C17H12N4O5S2/c1-10-9-27-17(18-10)28-15-7-2-11(8-14(15)21(25)26)16(22)19-12-3-5-13(6-4-12)20(23)24/h2-9H,1H3,(H,19,22). The lowest BCUT2D eigenvalue weighted by molar-refractivity contribution is -0.387. The summed E-state index contributed by atoms with van der Waals surface area (Å²) in [5.41, 5.74) is 0.968. The fourth-order valence-corrected chi connectivity index (χ4v) is 4.11. The molecule has 2 aromatic carbocycles. The van der Waals surface area contributed by atoms with Crippen molar-refractivity contribution in [3.63, 3.8) is 0 Å². The third kappa shape index (κ3) is 4.50. The van der Waals surface area contributed by atoms with E-state index < -0.39 is 15.8 Å². The lowest BCUT2D eigenvalue weighted by Gasteiger charge is -2.07. The zero-order valence-electron chi connectivity index (χ0n) is 14.3. The Morgan fingerprint density at radius 1 is 1.11 bits per heavy atom. The second-order valence-corrected chi connectivity index (χ2v) is 7.70. The van der Waals surface area contributed by atoms with Crippen LogP contribution in [0.2, 0.25) is 0 Å². The molecular weight excluding hydrogens is 404 g/mol. The van der Waals surface area contributed by atoms with Crippen molar-refractivity contribution in [2.24, 2.45) is 0 Å². The molecule has 0 spiro atoms. The molecule has 142 valence electrons. The molecule has 0 fully saturated rings.